The number of pyridine rings is 1. The average Bonchev–Trinajstić information content (AvgIpc) is 2.32. The maximum atomic E-state index is 13.0. The molecule has 0 bridgehead atoms. The van der Waals surface area contributed by atoms with Crippen LogP contribution in [-0.2, 0) is 0 Å². The molecule has 0 unspecified atom stereocenters. The van der Waals surface area contributed by atoms with E-state index in [1.807, 2.05) is 0 Å². The average molecular weight is 282 g/mol. The number of nitrogens with zero attached hydrogens (tertiary/aromatic N) is 1. The topological polar surface area (TPSA) is 37.0 Å². The van der Waals surface area contributed by atoms with Gasteiger partial charge in [0.05, 0.1) is 5.02 Å². The Balaban J connectivity index is 1.98. The van der Waals surface area contributed by atoms with Crippen molar-refractivity contribution in [3.05, 3.63) is 53.4 Å². The number of hydrogen-bond donors (Lipinski definition) is 2. The number of halogens is 2. The Morgan fingerprint density at radius 3 is 2.72 bits per heavy atom. The molecule has 0 saturated carbocycles. The highest BCUT2D eigenvalue weighted by molar-refractivity contribution is 7.80. The predicted molar refractivity (Wildman–Crippen MR) is 75.5 cm³/mol. The SMILES string of the molecule is Fc1cccc(NC(=S)Nc2ccc(Cl)cn2)c1. The molecule has 0 aliphatic rings. The van der Waals surface area contributed by atoms with Crippen molar-refractivity contribution in [2.75, 3.05) is 10.6 Å². The minimum absolute atomic E-state index is 0.326. The number of rotatable bonds is 2. The summed E-state index contributed by atoms with van der Waals surface area (Å²) in [5.41, 5.74) is 0.571. The Hall–Kier alpha value is -1.72. The molecule has 1 aromatic carbocycles. The molecule has 2 N–H and O–H groups in total. The van der Waals surface area contributed by atoms with Crippen LogP contribution in [0.15, 0.2) is 42.6 Å². The van der Waals surface area contributed by atoms with Gasteiger partial charge in [0.25, 0.3) is 0 Å². The first-order valence-corrected chi connectivity index (χ1v) is 5.87. The molecule has 6 heteroatoms. The molecule has 2 rings (SSSR count). The second-order valence-corrected chi connectivity index (χ2v) is 4.30. The first-order valence-electron chi connectivity index (χ1n) is 5.08. The Morgan fingerprint density at radius 1 is 1.22 bits per heavy atom. The van der Waals surface area contributed by atoms with Gasteiger partial charge in [-0.15, -0.1) is 0 Å². The molecule has 2 aromatic rings. The van der Waals surface area contributed by atoms with Crippen molar-refractivity contribution < 1.29 is 4.39 Å². The van der Waals surface area contributed by atoms with Gasteiger partial charge < -0.3 is 10.6 Å². The molecule has 92 valence electrons. The van der Waals surface area contributed by atoms with Gasteiger partial charge in [0.2, 0.25) is 0 Å². The van der Waals surface area contributed by atoms with Gasteiger partial charge in [-0.05, 0) is 42.5 Å². The van der Waals surface area contributed by atoms with E-state index >= 15 is 0 Å². The van der Waals surface area contributed by atoms with E-state index in [0.29, 0.717) is 21.6 Å². The Bertz CT molecular complexity index is 560. The van der Waals surface area contributed by atoms with Crippen molar-refractivity contribution >= 4 is 40.4 Å². The fourth-order valence-corrected chi connectivity index (χ4v) is 1.63. The molecular weight excluding hydrogens is 273 g/mol. The van der Waals surface area contributed by atoms with E-state index < -0.39 is 0 Å². The summed E-state index contributed by atoms with van der Waals surface area (Å²) in [6.45, 7) is 0. The van der Waals surface area contributed by atoms with Gasteiger partial charge in [-0.2, -0.15) is 0 Å². The lowest BCUT2D eigenvalue weighted by atomic mass is 10.3. The van der Waals surface area contributed by atoms with Crippen LogP contribution in [0.3, 0.4) is 0 Å². The first kappa shape index (κ1) is 12.7. The summed E-state index contributed by atoms with van der Waals surface area (Å²) in [7, 11) is 0. The molecule has 0 aliphatic heterocycles. The summed E-state index contributed by atoms with van der Waals surface area (Å²) in [5.74, 6) is 0.237. The van der Waals surface area contributed by atoms with Crippen molar-refractivity contribution in [3.8, 4) is 0 Å². The molecule has 0 saturated heterocycles. The number of thiocarbonyl (C=S) groups is 1. The Morgan fingerprint density at radius 2 is 2.06 bits per heavy atom. The number of nitrogens with one attached hydrogen (secondary N) is 2. The summed E-state index contributed by atoms with van der Waals surface area (Å²) in [5, 5.41) is 6.59. The van der Waals surface area contributed by atoms with Gasteiger partial charge >= 0.3 is 0 Å². The monoisotopic (exact) mass is 281 g/mol. The van der Waals surface area contributed by atoms with Crippen LogP contribution in [0.1, 0.15) is 0 Å². The molecule has 0 aliphatic carbocycles. The minimum atomic E-state index is -0.326. The minimum Gasteiger partial charge on any atom is -0.332 e. The summed E-state index contributed by atoms with van der Waals surface area (Å²) in [6, 6.07) is 9.42. The highest BCUT2D eigenvalue weighted by atomic mass is 35.5. The number of aromatic nitrogens is 1. The van der Waals surface area contributed by atoms with Crippen LogP contribution in [0.2, 0.25) is 5.02 Å². The van der Waals surface area contributed by atoms with Crippen LogP contribution >= 0.6 is 23.8 Å². The number of hydrogen-bond acceptors (Lipinski definition) is 2. The zero-order valence-electron chi connectivity index (χ0n) is 9.15. The smallest absolute Gasteiger partial charge is 0.176 e. The number of anilines is 2. The van der Waals surface area contributed by atoms with Crippen molar-refractivity contribution in [1.82, 2.24) is 4.98 Å². The second kappa shape index (κ2) is 5.75. The fourth-order valence-electron chi connectivity index (χ4n) is 1.29. The third-order valence-electron chi connectivity index (χ3n) is 2.05. The molecular formula is C12H9ClFN3S. The van der Waals surface area contributed by atoms with Gasteiger partial charge in [-0.3, -0.25) is 0 Å². The predicted octanol–water partition coefficient (Wildman–Crippen LogP) is 3.68. The lowest BCUT2D eigenvalue weighted by Gasteiger charge is -2.09. The van der Waals surface area contributed by atoms with Crippen LogP contribution < -0.4 is 10.6 Å². The number of benzene rings is 1. The summed E-state index contributed by atoms with van der Waals surface area (Å²) in [6.07, 6.45) is 1.51. The molecule has 0 fully saturated rings. The largest absolute Gasteiger partial charge is 0.332 e. The van der Waals surface area contributed by atoms with Gasteiger partial charge in [0.1, 0.15) is 11.6 Å². The van der Waals surface area contributed by atoms with Gasteiger partial charge in [-0.1, -0.05) is 17.7 Å². The summed E-state index contributed by atoms with van der Waals surface area (Å²) < 4.78 is 13.0. The second-order valence-electron chi connectivity index (χ2n) is 3.45. The summed E-state index contributed by atoms with van der Waals surface area (Å²) >= 11 is 10.8. The van der Waals surface area contributed by atoms with Crippen LogP contribution in [0, 0.1) is 5.82 Å². The zero-order valence-corrected chi connectivity index (χ0v) is 10.7. The van der Waals surface area contributed by atoms with Crippen LogP contribution in [0.4, 0.5) is 15.9 Å². The van der Waals surface area contributed by atoms with E-state index in [1.54, 1.807) is 24.3 Å². The van der Waals surface area contributed by atoms with E-state index in [4.69, 9.17) is 23.8 Å². The summed E-state index contributed by atoms with van der Waals surface area (Å²) in [4.78, 5) is 4.03. The lowest BCUT2D eigenvalue weighted by Crippen LogP contribution is -2.19. The van der Waals surface area contributed by atoms with Crippen molar-refractivity contribution in [1.29, 1.82) is 0 Å². The molecule has 1 heterocycles. The van der Waals surface area contributed by atoms with E-state index in [1.165, 1.54) is 18.3 Å². The normalized spacial score (nSPS) is 9.89. The molecule has 18 heavy (non-hydrogen) atoms. The van der Waals surface area contributed by atoms with Crippen LogP contribution in [-0.4, -0.2) is 10.1 Å². The van der Waals surface area contributed by atoms with Crippen LogP contribution in [0.25, 0.3) is 0 Å². The molecule has 0 spiro atoms. The van der Waals surface area contributed by atoms with Gasteiger partial charge in [0.15, 0.2) is 5.11 Å². The van der Waals surface area contributed by atoms with E-state index in [0.717, 1.165) is 0 Å². The van der Waals surface area contributed by atoms with Crippen molar-refractivity contribution in [2.45, 2.75) is 0 Å². The quantitative estimate of drug-likeness (QED) is 0.824. The van der Waals surface area contributed by atoms with E-state index in [9.17, 15) is 4.39 Å². The van der Waals surface area contributed by atoms with E-state index in [2.05, 4.69) is 15.6 Å². The molecule has 0 amide bonds. The highest BCUT2D eigenvalue weighted by Gasteiger charge is 2.00. The standard InChI is InChI=1S/C12H9ClFN3S/c13-8-4-5-11(15-7-8)17-12(18)16-10-3-1-2-9(14)6-10/h1-7H,(H2,15,16,17,18). The van der Waals surface area contributed by atoms with Crippen molar-refractivity contribution in [2.24, 2.45) is 0 Å². The Kier molecular flexibility index (Phi) is 4.07. The van der Waals surface area contributed by atoms with Crippen LogP contribution in [0.5, 0.6) is 0 Å². The maximum absolute atomic E-state index is 13.0. The van der Waals surface area contributed by atoms with E-state index in [-0.39, 0.29) is 5.82 Å². The Labute approximate surface area is 114 Å². The third-order valence-corrected chi connectivity index (χ3v) is 2.48. The zero-order chi connectivity index (χ0) is 13.0. The molecule has 0 radical (unpaired) electrons. The van der Waals surface area contributed by atoms with Crippen molar-refractivity contribution in [3.63, 3.8) is 0 Å². The lowest BCUT2D eigenvalue weighted by molar-refractivity contribution is 0.628. The maximum Gasteiger partial charge on any atom is 0.176 e. The molecule has 1 aromatic heterocycles. The molecule has 0 atom stereocenters. The first-order chi connectivity index (χ1) is 8.63. The third kappa shape index (κ3) is 3.65. The highest BCUT2D eigenvalue weighted by Crippen LogP contribution is 2.12. The van der Waals surface area contributed by atoms with Gasteiger partial charge in [0, 0.05) is 11.9 Å². The van der Waals surface area contributed by atoms with Gasteiger partial charge in [-0.25, -0.2) is 9.37 Å². The molecule has 3 nitrogen and oxygen atoms in total. The fraction of sp³-hybridized carbons (Fsp3) is 0.